The topological polar surface area (TPSA) is 55.8 Å². The van der Waals surface area contributed by atoms with E-state index < -0.39 is 5.97 Å². The fourth-order valence-corrected chi connectivity index (χ4v) is 2.34. The van der Waals surface area contributed by atoms with Crippen molar-refractivity contribution in [1.82, 2.24) is 4.90 Å². The normalized spacial score (nSPS) is 18.2. The van der Waals surface area contributed by atoms with Gasteiger partial charge in [0.05, 0.1) is 13.7 Å². The maximum absolute atomic E-state index is 12.0. The van der Waals surface area contributed by atoms with Gasteiger partial charge in [0.2, 0.25) is 5.91 Å². The number of amides is 1. The van der Waals surface area contributed by atoms with E-state index in [9.17, 15) is 9.59 Å². The molecule has 2 rings (SSSR count). The van der Waals surface area contributed by atoms with E-state index in [1.165, 1.54) is 7.11 Å². The third-order valence-electron chi connectivity index (χ3n) is 3.25. The molecule has 1 fully saturated rings. The van der Waals surface area contributed by atoms with Crippen LogP contribution in [-0.2, 0) is 9.53 Å². The molecule has 1 aliphatic heterocycles. The Hall–Kier alpha value is -1.75. The number of rotatable bonds is 4. The second-order valence-electron chi connectivity index (χ2n) is 4.79. The maximum Gasteiger partial charge on any atom is 0.341 e. The lowest BCUT2D eigenvalue weighted by atomic mass is 10.1. The van der Waals surface area contributed by atoms with Crippen LogP contribution in [0.25, 0.3) is 0 Å². The lowest BCUT2D eigenvalue weighted by Gasteiger charge is -2.12. The van der Waals surface area contributed by atoms with Crippen LogP contribution in [-0.4, -0.2) is 44.1 Å². The number of esters is 1. The highest BCUT2D eigenvalue weighted by molar-refractivity contribution is 6.30. The average molecular weight is 298 g/mol. The van der Waals surface area contributed by atoms with Gasteiger partial charge in [0, 0.05) is 31.0 Å². The molecular weight excluding hydrogens is 282 g/mol. The van der Waals surface area contributed by atoms with Crippen LogP contribution in [0.1, 0.15) is 16.8 Å². The molecule has 1 heterocycles. The van der Waals surface area contributed by atoms with Crippen LogP contribution in [0.2, 0.25) is 5.02 Å². The molecule has 0 N–H and O–H groups in total. The third-order valence-corrected chi connectivity index (χ3v) is 3.49. The largest absolute Gasteiger partial charge is 0.496 e. The van der Waals surface area contributed by atoms with E-state index in [1.807, 2.05) is 0 Å². The SMILES string of the molecule is COc1cc(Cl)ccc1C(=O)OC[C@H]1CC(=O)N(C)C1. The van der Waals surface area contributed by atoms with Gasteiger partial charge in [-0.25, -0.2) is 4.79 Å². The van der Waals surface area contributed by atoms with Crippen molar-refractivity contribution in [2.75, 3.05) is 27.3 Å². The first kappa shape index (κ1) is 14.7. The number of benzene rings is 1. The predicted octanol–water partition coefficient (Wildman–Crippen LogP) is 1.98. The van der Waals surface area contributed by atoms with Crippen molar-refractivity contribution >= 4 is 23.5 Å². The highest BCUT2D eigenvalue weighted by Gasteiger charge is 2.28. The molecule has 0 bridgehead atoms. The minimum atomic E-state index is -0.472. The first-order valence-corrected chi connectivity index (χ1v) is 6.63. The highest BCUT2D eigenvalue weighted by atomic mass is 35.5. The second-order valence-corrected chi connectivity index (χ2v) is 5.22. The Morgan fingerprint density at radius 1 is 1.50 bits per heavy atom. The van der Waals surface area contributed by atoms with Crippen molar-refractivity contribution in [2.24, 2.45) is 5.92 Å². The summed E-state index contributed by atoms with van der Waals surface area (Å²) in [4.78, 5) is 25.0. The number of carbonyl (C=O) groups excluding carboxylic acids is 2. The van der Waals surface area contributed by atoms with Gasteiger partial charge in [-0.1, -0.05) is 11.6 Å². The summed E-state index contributed by atoms with van der Waals surface area (Å²) in [6.07, 6.45) is 0.418. The minimum Gasteiger partial charge on any atom is -0.496 e. The molecule has 1 atom stereocenters. The Kier molecular flexibility index (Phi) is 4.49. The van der Waals surface area contributed by atoms with E-state index in [0.717, 1.165) is 0 Å². The zero-order chi connectivity index (χ0) is 14.7. The third kappa shape index (κ3) is 3.22. The minimum absolute atomic E-state index is 0.0507. The van der Waals surface area contributed by atoms with Crippen LogP contribution in [0.5, 0.6) is 5.75 Å². The van der Waals surface area contributed by atoms with Crippen LogP contribution < -0.4 is 4.74 Å². The number of ether oxygens (including phenoxy) is 2. The summed E-state index contributed by atoms with van der Waals surface area (Å²) in [5.74, 6) is 0.0347. The van der Waals surface area contributed by atoms with Gasteiger partial charge in [-0.15, -0.1) is 0 Å². The molecule has 5 nitrogen and oxygen atoms in total. The van der Waals surface area contributed by atoms with Crippen molar-refractivity contribution in [3.8, 4) is 5.75 Å². The van der Waals surface area contributed by atoms with Gasteiger partial charge >= 0.3 is 5.97 Å². The lowest BCUT2D eigenvalue weighted by Crippen LogP contribution is -2.20. The summed E-state index contributed by atoms with van der Waals surface area (Å²) >= 11 is 5.84. The highest BCUT2D eigenvalue weighted by Crippen LogP contribution is 2.24. The van der Waals surface area contributed by atoms with E-state index in [4.69, 9.17) is 21.1 Å². The maximum atomic E-state index is 12.0. The fraction of sp³-hybridized carbons (Fsp3) is 0.429. The van der Waals surface area contributed by atoms with Crippen LogP contribution in [0, 0.1) is 5.92 Å². The zero-order valence-corrected chi connectivity index (χ0v) is 12.1. The number of likely N-dealkylation sites (tertiary alicyclic amines) is 1. The molecule has 1 aliphatic rings. The number of methoxy groups -OCH3 is 1. The van der Waals surface area contributed by atoms with Crippen molar-refractivity contribution in [2.45, 2.75) is 6.42 Å². The quantitative estimate of drug-likeness (QED) is 0.798. The van der Waals surface area contributed by atoms with Gasteiger partial charge in [0.25, 0.3) is 0 Å². The molecule has 0 aliphatic carbocycles. The van der Waals surface area contributed by atoms with Crippen molar-refractivity contribution in [3.63, 3.8) is 0 Å². The number of nitrogens with zero attached hydrogens (tertiary/aromatic N) is 1. The van der Waals surface area contributed by atoms with Crippen molar-refractivity contribution < 1.29 is 19.1 Å². The molecule has 1 amide bonds. The Bertz CT molecular complexity index is 532. The Labute approximate surface area is 122 Å². The second kappa shape index (κ2) is 6.13. The average Bonchev–Trinajstić information content (AvgIpc) is 2.75. The van der Waals surface area contributed by atoms with Crippen LogP contribution in [0.15, 0.2) is 18.2 Å². The molecule has 1 aromatic rings. The molecule has 108 valence electrons. The van der Waals surface area contributed by atoms with E-state index in [-0.39, 0.29) is 18.4 Å². The molecule has 20 heavy (non-hydrogen) atoms. The lowest BCUT2D eigenvalue weighted by molar-refractivity contribution is -0.126. The molecule has 0 aromatic heterocycles. The number of carbonyl (C=O) groups is 2. The summed E-state index contributed by atoms with van der Waals surface area (Å²) in [5, 5.41) is 0.487. The molecule has 0 saturated carbocycles. The molecule has 0 radical (unpaired) electrons. The van der Waals surface area contributed by atoms with Crippen LogP contribution in [0.4, 0.5) is 0 Å². The van der Waals surface area contributed by atoms with Crippen LogP contribution >= 0.6 is 11.6 Å². The zero-order valence-electron chi connectivity index (χ0n) is 11.4. The van der Waals surface area contributed by atoms with E-state index in [1.54, 1.807) is 30.1 Å². The first-order valence-electron chi connectivity index (χ1n) is 6.26. The smallest absolute Gasteiger partial charge is 0.341 e. The monoisotopic (exact) mass is 297 g/mol. The molecule has 0 unspecified atom stereocenters. The van der Waals surface area contributed by atoms with E-state index >= 15 is 0 Å². The van der Waals surface area contributed by atoms with E-state index in [0.29, 0.717) is 29.3 Å². The Morgan fingerprint density at radius 3 is 2.85 bits per heavy atom. The standard InChI is InChI=1S/C14H16ClNO4/c1-16-7-9(5-13(16)17)8-20-14(18)11-4-3-10(15)6-12(11)19-2/h3-4,6,9H,5,7-8H2,1-2H3/t9-/m0/s1. The molecule has 1 aromatic carbocycles. The summed E-state index contributed by atoms with van der Waals surface area (Å²) < 4.78 is 10.4. The summed E-state index contributed by atoms with van der Waals surface area (Å²) in [5.41, 5.74) is 0.328. The fourth-order valence-electron chi connectivity index (χ4n) is 2.17. The van der Waals surface area contributed by atoms with Gasteiger partial charge in [-0.05, 0) is 18.2 Å². The molecule has 1 saturated heterocycles. The predicted molar refractivity (Wildman–Crippen MR) is 74.0 cm³/mol. The molecular formula is C14H16ClNO4. The Balaban J connectivity index is 1.97. The summed E-state index contributed by atoms with van der Waals surface area (Å²) in [6, 6.07) is 4.73. The summed E-state index contributed by atoms with van der Waals surface area (Å²) in [6.45, 7) is 0.838. The van der Waals surface area contributed by atoms with Crippen molar-refractivity contribution in [1.29, 1.82) is 0 Å². The van der Waals surface area contributed by atoms with E-state index in [2.05, 4.69) is 0 Å². The number of hydrogen-bond donors (Lipinski definition) is 0. The summed E-state index contributed by atoms with van der Waals surface area (Å²) in [7, 11) is 3.21. The number of halogens is 1. The number of hydrogen-bond acceptors (Lipinski definition) is 4. The van der Waals surface area contributed by atoms with Gasteiger partial charge < -0.3 is 14.4 Å². The first-order chi connectivity index (χ1) is 9.51. The Morgan fingerprint density at radius 2 is 2.25 bits per heavy atom. The van der Waals surface area contributed by atoms with Gasteiger partial charge in [0.15, 0.2) is 0 Å². The molecule has 0 spiro atoms. The van der Waals surface area contributed by atoms with Crippen LogP contribution in [0.3, 0.4) is 0 Å². The van der Waals surface area contributed by atoms with Gasteiger partial charge in [-0.3, -0.25) is 4.79 Å². The van der Waals surface area contributed by atoms with Crippen molar-refractivity contribution in [3.05, 3.63) is 28.8 Å². The molecule has 6 heteroatoms. The van der Waals surface area contributed by atoms with Gasteiger partial charge in [0.1, 0.15) is 11.3 Å². The van der Waals surface area contributed by atoms with Gasteiger partial charge in [-0.2, -0.15) is 0 Å².